The Bertz CT molecular complexity index is 1260. The second-order valence-corrected chi connectivity index (χ2v) is 8.38. The van der Waals surface area contributed by atoms with Gasteiger partial charge in [-0.05, 0) is 49.2 Å². The minimum Gasteiger partial charge on any atom is -0.424 e. The van der Waals surface area contributed by atoms with Gasteiger partial charge in [0.15, 0.2) is 5.79 Å². The van der Waals surface area contributed by atoms with Crippen LogP contribution in [0.1, 0.15) is 31.7 Å². The van der Waals surface area contributed by atoms with Crippen LogP contribution in [0.4, 0.5) is 5.82 Å². The summed E-state index contributed by atoms with van der Waals surface area (Å²) in [6.45, 7) is 1.36. The Labute approximate surface area is 190 Å². The lowest BCUT2D eigenvalue weighted by Crippen LogP contribution is -2.36. The predicted octanol–water partition coefficient (Wildman–Crippen LogP) is 4.12. The van der Waals surface area contributed by atoms with Gasteiger partial charge in [0, 0.05) is 37.0 Å². The van der Waals surface area contributed by atoms with Gasteiger partial charge in [-0.3, -0.25) is 4.68 Å². The Hall–Kier alpha value is -3.56. The van der Waals surface area contributed by atoms with Crippen molar-refractivity contribution in [3.63, 3.8) is 0 Å². The first kappa shape index (κ1) is 20.1. The molecule has 1 saturated carbocycles. The largest absolute Gasteiger partial charge is 0.424 e. The lowest BCUT2D eigenvalue weighted by Gasteiger charge is -2.35. The summed E-state index contributed by atoms with van der Waals surface area (Å²) < 4.78 is 19.6. The predicted molar refractivity (Wildman–Crippen MR) is 122 cm³/mol. The number of hydrogen-bond acceptors (Lipinski definition) is 8. The SMILES string of the molecule is Nc1nccc2c1c(-c1ccc(Oc3ncccn3)cc1)nn2C1CCC2(CC1)OCCO2. The van der Waals surface area contributed by atoms with Gasteiger partial charge in [-0.15, -0.1) is 0 Å². The van der Waals surface area contributed by atoms with Crippen LogP contribution in [-0.2, 0) is 9.47 Å². The molecule has 4 aromatic rings. The lowest BCUT2D eigenvalue weighted by atomic mass is 9.90. The molecular formula is C24H24N6O3. The van der Waals surface area contributed by atoms with Gasteiger partial charge < -0.3 is 19.9 Å². The van der Waals surface area contributed by atoms with Crippen LogP contribution in [0.3, 0.4) is 0 Å². The molecule has 0 amide bonds. The molecule has 2 fully saturated rings. The number of fused-ring (bicyclic) bond motifs is 1. The molecular weight excluding hydrogens is 420 g/mol. The molecule has 3 aromatic heterocycles. The average molecular weight is 444 g/mol. The summed E-state index contributed by atoms with van der Waals surface area (Å²) in [7, 11) is 0. The molecule has 9 nitrogen and oxygen atoms in total. The van der Waals surface area contributed by atoms with Gasteiger partial charge in [0.25, 0.3) is 0 Å². The summed E-state index contributed by atoms with van der Waals surface area (Å²) in [6, 6.07) is 12.0. The molecule has 2 N–H and O–H groups in total. The van der Waals surface area contributed by atoms with E-state index in [2.05, 4.69) is 19.6 Å². The maximum absolute atomic E-state index is 6.32. The number of aromatic nitrogens is 5. The topological polar surface area (TPSA) is 110 Å². The van der Waals surface area contributed by atoms with E-state index in [1.54, 1.807) is 24.7 Å². The first-order valence-corrected chi connectivity index (χ1v) is 11.2. The molecule has 6 rings (SSSR count). The van der Waals surface area contributed by atoms with Crippen LogP contribution in [0.15, 0.2) is 55.0 Å². The second kappa shape index (κ2) is 8.09. The third-order valence-electron chi connectivity index (χ3n) is 6.40. The van der Waals surface area contributed by atoms with E-state index in [-0.39, 0.29) is 6.04 Å². The quantitative estimate of drug-likeness (QED) is 0.500. The van der Waals surface area contributed by atoms with Crippen LogP contribution in [0.2, 0.25) is 0 Å². The Morgan fingerprint density at radius 1 is 0.939 bits per heavy atom. The molecule has 0 atom stereocenters. The highest BCUT2D eigenvalue weighted by atomic mass is 16.7. The van der Waals surface area contributed by atoms with Crippen molar-refractivity contribution < 1.29 is 14.2 Å². The smallest absolute Gasteiger partial charge is 0.321 e. The molecule has 168 valence electrons. The van der Waals surface area contributed by atoms with Crippen molar-refractivity contribution in [1.82, 2.24) is 24.7 Å². The van der Waals surface area contributed by atoms with Crippen molar-refractivity contribution in [2.75, 3.05) is 18.9 Å². The Kier molecular flexibility index (Phi) is 4.92. The number of pyridine rings is 1. The third-order valence-corrected chi connectivity index (χ3v) is 6.40. The van der Waals surface area contributed by atoms with Gasteiger partial charge in [-0.25, -0.2) is 15.0 Å². The molecule has 1 aliphatic heterocycles. The minimum absolute atomic E-state index is 0.249. The van der Waals surface area contributed by atoms with Crippen LogP contribution < -0.4 is 10.5 Å². The lowest BCUT2D eigenvalue weighted by molar-refractivity contribution is -0.181. The average Bonchev–Trinajstić information content (AvgIpc) is 3.47. The highest BCUT2D eigenvalue weighted by molar-refractivity contribution is 6.00. The normalized spacial score (nSPS) is 18.2. The van der Waals surface area contributed by atoms with Gasteiger partial charge in [0.05, 0.1) is 30.2 Å². The number of ether oxygens (including phenoxy) is 3. The van der Waals surface area contributed by atoms with Crippen LogP contribution in [0.5, 0.6) is 11.8 Å². The number of benzene rings is 1. The van der Waals surface area contributed by atoms with E-state index < -0.39 is 5.79 Å². The van der Waals surface area contributed by atoms with Gasteiger partial charge in [0.1, 0.15) is 17.3 Å². The Morgan fingerprint density at radius 3 is 2.39 bits per heavy atom. The van der Waals surface area contributed by atoms with Crippen molar-refractivity contribution in [3.05, 3.63) is 55.0 Å². The molecule has 0 unspecified atom stereocenters. The van der Waals surface area contributed by atoms with E-state index >= 15 is 0 Å². The maximum Gasteiger partial charge on any atom is 0.321 e. The summed E-state index contributed by atoms with van der Waals surface area (Å²) in [5.41, 5.74) is 9.06. The van der Waals surface area contributed by atoms with E-state index in [0.29, 0.717) is 30.8 Å². The van der Waals surface area contributed by atoms with Crippen molar-refractivity contribution in [1.29, 1.82) is 0 Å². The molecule has 4 heterocycles. The summed E-state index contributed by atoms with van der Waals surface area (Å²) in [5.74, 6) is 0.719. The van der Waals surface area contributed by atoms with Gasteiger partial charge >= 0.3 is 6.01 Å². The standard InChI is InChI=1S/C24H24N6O3/c25-22-20-19(8-13-26-22)30(17-6-9-24(10-7-17)31-14-15-32-24)29-21(20)16-2-4-18(5-3-16)33-23-27-11-1-12-28-23/h1-5,8,11-13,17H,6-7,9-10,14-15H2,(H2,25,26). The van der Waals surface area contributed by atoms with Gasteiger partial charge in [-0.1, -0.05) is 0 Å². The Morgan fingerprint density at radius 2 is 1.67 bits per heavy atom. The summed E-state index contributed by atoms with van der Waals surface area (Å²) in [4.78, 5) is 12.5. The summed E-state index contributed by atoms with van der Waals surface area (Å²) in [6.07, 6.45) is 8.62. The molecule has 0 bridgehead atoms. The maximum atomic E-state index is 6.32. The van der Waals surface area contributed by atoms with E-state index in [0.717, 1.165) is 47.8 Å². The van der Waals surface area contributed by atoms with E-state index in [1.165, 1.54) is 0 Å². The Balaban J connectivity index is 1.32. The molecule has 1 spiro atoms. The molecule has 1 aromatic carbocycles. The number of anilines is 1. The van der Waals surface area contributed by atoms with Crippen molar-refractivity contribution in [2.24, 2.45) is 0 Å². The summed E-state index contributed by atoms with van der Waals surface area (Å²) in [5, 5.41) is 5.89. The summed E-state index contributed by atoms with van der Waals surface area (Å²) >= 11 is 0. The number of hydrogen-bond donors (Lipinski definition) is 1. The molecule has 0 radical (unpaired) electrons. The van der Waals surface area contributed by atoms with Gasteiger partial charge in [-0.2, -0.15) is 5.10 Å². The molecule has 1 aliphatic carbocycles. The number of nitrogens with two attached hydrogens (primary N) is 1. The minimum atomic E-state index is -0.402. The molecule has 9 heteroatoms. The van der Waals surface area contributed by atoms with Crippen molar-refractivity contribution in [3.8, 4) is 23.0 Å². The second-order valence-electron chi connectivity index (χ2n) is 8.38. The zero-order valence-corrected chi connectivity index (χ0v) is 18.1. The fourth-order valence-corrected chi connectivity index (χ4v) is 4.79. The van der Waals surface area contributed by atoms with Crippen LogP contribution in [-0.4, -0.2) is 43.7 Å². The molecule has 1 saturated heterocycles. The van der Waals surface area contributed by atoms with Crippen LogP contribution >= 0.6 is 0 Å². The number of nitrogen functional groups attached to an aromatic ring is 1. The first-order valence-electron chi connectivity index (χ1n) is 11.2. The first-order chi connectivity index (χ1) is 16.2. The highest BCUT2D eigenvalue weighted by Crippen LogP contribution is 2.42. The van der Waals surface area contributed by atoms with E-state index in [9.17, 15) is 0 Å². The number of nitrogens with zero attached hydrogens (tertiary/aromatic N) is 5. The zero-order chi connectivity index (χ0) is 22.3. The monoisotopic (exact) mass is 444 g/mol. The van der Waals surface area contributed by atoms with Gasteiger partial charge in [0.2, 0.25) is 0 Å². The zero-order valence-electron chi connectivity index (χ0n) is 18.1. The number of rotatable bonds is 4. The van der Waals surface area contributed by atoms with E-state index in [1.807, 2.05) is 30.3 Å². The van der Waals surface area contributed by atoms with Crippen molar-refractivity contribution in [2.45, 2.75) is 37.5 Å². The molecule has 2 aliphatic rings. The van der Waals surface area contributed by atoms with Crippen molar-refractivity contribution >= 4 is 16.7 Å². The molecule has 33 heavy (non-hydrogen) atoms. The fourth-order valence-electron chi connectivity index (χ4n) is 4.79. The van der Waals surface area contributed by atoms with E-state index in [4.69, 9.17) is 25.0 Å². The third kappa shape index (κ3) is 3.69. The highest BCUT2D eigenvalue weighted by Gasteiger charge is 2.41. The van der Waals surface area contributed by atoms with Crippen LogP contribution in [0.25, 0.3) is 22.2 Å². The fraction of sp³-hybridized carbons (Fsp3) is 0.333. The van der Waals surface area contributed by atoms with Crippen LogP contribution in [0, 0.1) is 0 Å².